The molecular weight excluding hydrogens is 276 g/mol. The van der Waals surface area contributed by atoms with Gasteiger partial charge in [0.2, 0.25) is 0 Å². The van der Waals surface area contributed by atoms with Crippen molar-refractivity contribution < 1.29 is 0 Å². The summed E-state index contributed by atoms with van der Waals surface area (Å²) in [5, 5.41) is 0.629. The molecule has 0 atom stereocenters. The largest absolute Gasteiger partial charge is 0.307 e. The maximum absolute atomic E-state index is 12.5. The number of benzene rings is 1. The zero-order valence-corrected chi connectivity index (χ0v) is 12.1. The van der Waals surface area contributed by atoms with Crippen LogP contribution >= 0.6 is 0 Å². The van der Waals surface area contributed by atoms with E-state index >= 15 is 0 Å². The van der Waals surface area contributed by atoms with Crippen molar-refractivity contribution >= 4 is 16.6 Å². The molecule has 0 saturated carbocycles. The zero-order chi connectivity index (χ0) is 15.1. The van der Waals surface area contributed by atoms with Crippen molar-refractivity contribution in [2.45, 2.75) is 13.5 Å². The van der Waals surface area contributed by atoms with Crippen LogP contribution in [0, 0.1) is 6.92 Å². The van der Waals surface area contributed by atoms with Gasteiger partial charge in [-0.05, 0) is 36.8 Å². The van der Waals surface area contributed by atoms with Crippen molar-refractivity contribution in [2.24, 2.45) is 0 Å². The van der Waals surface area contributed by atoms with Crippen LogP contribution in [-0.4, -0.2) is 18.9 Å². The Bertz CT molecular complexity index is 1050. The first-order valence-electron chi connectivity index (χ1n) is 7.09. The Hall–Kier alpha value is -2.95. The van der Waals surface area contributed by atoms with Crippen LogP contribution in [0.5, 0.6) is 0 Å². The Labute approximate surface area is 126 Å². The van der Waals surface area contributed by atoms with Gasteiger partial charge in [-0.25, -0.2) is 9.97 Å². The second-order valence-electron chi connectivity index (χ2n) is 5.40. The number of imidazole rings is 1. The fourth-order valence-corrected chi connectivity index (χ4v) is 2.61. The molecule has 0 aliphatic rings. The van der Waals surface area contributed by atoms with Crippen molar-refractivity contribution in [3.05, 3.63) is 76.7 Å². The number of para-hydroxylation sites is 1. The first-order valence-corrected chi connectivity index (χ1v) is 7.09. The standard InChI is InChI=1S/C17H14N4O/c1-12-6-7-20-9-13(19-16(20)8-12)10-21-11-18-15-5-3-2-4-14(15)17(21)22/h2-9,11H,10H2,1H3. The van der Waals surface area contributed by atoms with E-state index in [1.54, 1.807) is 17.0 Å². The summed E-state index contributed by atoms with van der Waals surface area (Å²) in [5.74, 6) is 0. The molecule has 5 heteroatoms. The lowest BCUT2D eigenvalue weighted by Gasteiger charge is -2.04. The molecule has 0 N–H and O–H groups in total. The molecule has 0 radical (unpaired) electrons. The summed E-state index contributed by atoms with van der Waals surface area (Å²) >= 11 is 0. The van der Waals surface area contributed by atoms with Gasteiger partial charge in [-0.15, -0.1) is 0 Å². The summed E-state index contributed by atoms with van der Waals surface area (Å²) < 4.78 is 3.55. The molecule has 0 bridgehead atoms. The van der Waals surface area contributed by atoms with Gasteiger partial charge in [0.1, 0.15) is 5.65 Å². The monoisotopic (exact) mass is 290 g/mol. The van der Waals surface area contributed by atoms with Gasteiger partial charge in [0, 0.05) is 12.4 Å². The number of hydrogen-bond acceptors (Lipinski definition) is 3. The lowest BCUT2D eigenvalue weighted by Crippen LogP contribution is -2.21. The number of aryl methyl sites for hydroxylation is 1. The molecule has 5 nitrogen and oxygen atoms in total. The SMILES string of the molecule is Cc1ccn2cc(Cn3cnc4ccccc4c3=O)nc2c1. The normalized spacial score (nSPS) is 11.3. The van der Waals surface area contributed by atoms with Crippen LogP contribution in [0.4, 0.5) is 0 Å². The lowest BCUT2D eigenvalue weighted by atomic mass is 10.2. The molecule has 0 spiro atoms. The summed E-state index contributed by atoms with van der Waals surface area (Å²) in [6, 6.07) is 11.4. The molecule has 3 aromatic heterocycles. The van der Waals surface area contributed by atoms with Crippen LogP contribution in [0.2, 0.25) is 0 Å². The Kier molecular flexibility index (Phi) is 2.79. The highest BCUT2D eigenvalue weighted by atomic mass is 16.1. The smallest absolute Gasteiger partial charge is 0.261 e. The zero-order valence-electron chi connectivity index (χ0n) is 12.1. The molecule has 0 aliphatic heterocycles. The van der Waals surface area contributed by atoms with Crippen LogP contribution in [0.25, 0.3) is 16.6 Å². The maximum atomic E-state index is 12.5. The molecule has 0 aliphatic carbocycles. The molecular formula is C17H14N4O. The van der Waals surface area contributed by atoms with E-state index in [0.29, 0.717) is 11.9 Å². The summed E-state index contributed by atoms with van der Waals surface area (Å²) in [6.07, 6.45) is 5.50. The number of rotatable bonds is 2. The van der Waals surface area contributed by atoms with E-state index < -0.39 is 0 Å². The molecule has 22 heavy (non-hydrogen) atoms. The van der Waals surface area contributed by atoms with Crippen molar-refractivity contribution in [3.8, 4) is 0 Å². The predicted octanol–water partition coefficient (Wildman–Crippen LogP) is 2.40. The minimum atomic E-state index is -0.0427. The van der Waals surface area contributed by atoms with Crippen LogP contribution in [0.1, 0.15) is 11.3 Å². The fraction of sp³-hybridized carbons (Fsp3) is 0.118. The highest BCUT2D eigenvalue weighted by Crippen LogP contribution is 2.09. The second-order valence-corrected chi connectivity index (χ2v) is 5.40. The van der Waals surface area contributed by atoms with E-state index in [2.05, 4.69) is 9.97 Å². The second kappa shape index (κ2) is 4.80. The van der Waals surface area contributed by atoms with E-state index in [1.165, 1.54) is 0 Å². The fourth-order valence-electron chi connectivity index (χ4n) is 2.61. The van der Waals surface area contributed by atoms with E-state index in [4.69, 9.17) is 0 Å². The number of hydrogen-bond donors (Lipinski definition) is 0. The topological polar surface area (TPSA) is 52.2 Å². The highest BCUT2D eigenvalue weighted by Gasteiger charge is 2.07. The van der Waals surface area contributed by atoms with Crippen molar-refractivity contribution in [3.63, 3.8) is 0 Å². The van der Waals surface area contributed by atoms with Crippen molar-refractivity contribution in [1.29, 1.82) is 0 Å². The van der Waals surface area contributed by atoms with Crippen LogP contribution < -0.4 is 5.56 Å². The minimum absolute atomic E-state index is 0.0427. The van der Waals surface area contributed by atoms with E-state index in [0.717, 1.165) is 22.4 Å². The summed E-state index contributed by atoms with van der Waals surface area (Å²) in [6.45, 7) is 2.45. The third-order valence-corrected chi connectivity index (χ3v) is 3.73. The Morgan fingerprint density at radius 1 is 1.18 bits per heavy atom. The molecule has 0 amide bonds. The van der Waals surface area contributed by atoms with Crippen LogP contribution in [0.3, 0.4) is 0 Å². The number of aromatic nitrogens is 4. The lowest BCUT2D eigenvalue weighted by molar-refractivity contribution is 0.734. The average molecular weight is 290 g/mol. The quantitative estimate of drug-likeness (QED) is 0.569. The van der Waals surface area contributed by atoms with Crippen molar-refractivity contribution in [2.75, 3.05) is 0 Å². The first kappa shape index (κ1) is 12.8. The van der Waals surface area contributed by atoms with Gasteiger partial charge < -0.3 is 4.40 Å². The molecule has 3 heterocycles. The van der Waals surface area contributed by atoms with Crippen LogP contribution in [0.15, 0.2) is 59.9 Å². The van der Waals surface area contributed by atoms with Crippen LogP contribution in [-0.2, 0) is 6.54 Å². The summed E-state index contributed by atoms with van der Waals surface area (Å²) in [7, 11) is 0. The number of pyridine rings is 1. The highest BCUT2D eigenvalue weighted by molar-refractivity contribution is 5.76. The van der Waals surface area contributed by atoms with Crippen molar-refractivity contribution in [1.82, 2.24) is 18.9 Å². The third-order valence-electron chi connectivity index (χ3n) is 3.73. The maximum Gasteiger partial charge on any atom is 0.261 e. The summed E-state index contributed by atoms with van der Waals surface area (Å²) in [5.41, 5.74) is 3.56. The van der Waals surface area contributed by atoms with E-state index in [1.807, 2.05) is 54.0 Å². The van der Waals surface area contributed by atoms with Gasteiger partial charge in [0.05, 0.1) is 29.5 Å². The van der Waals surface area contributed by atoms with Gasteiger partial charge in [-0.3, -0.25) is 9.36 Å². The molecule has 0 saturated heterocycles. The van der Waals surface area contributed by atoms with Gasteiger partial charge in [0.25, 0.3) is 5.56 Å². The predicted molar refractivity (Wildman–Crippen MR) is 85.0 cm³/mol. The molecule has 108 valence electrons. The Morgan fingerprint density at radius 3 is 2.95 bits per heavy atom. The summed E-state index contributed by atoms with van der Waals surface area (Å²) in [4.78, 5) is 21.4. The van der Waals surface area contributed by atoms with Gasteiger partial charge in [-0.2, -0.15) is 0 Å². The molecule has 4 rings (SSSR count). The number of fused-ring (bicyclic) bond motifs is 2. The molecule has 0 unspecified atom stereocenters. The molecule has 4 aromatic rings. The average Bonchev–Trinajstić information content (AvgIpc) is 2.92. The molecule has 0 fully saturated rings. The Balaban J connectivity index is 1.78. The molecule has 1 aromatic carbocycles. The third kappa shape index (κ3) is 2.07. The van der Waals surface area contributed by atoms with Gasteiger partial charge in [-0.1, -0.05) is 12.1 Å². The minimum Gasteiger partial charge on any atom is -0.307 e. The van der Waals surface area contributed by atoms with E-state index in [9.17, 15) is 4.79 Å². The van der Waals surface area contributed by atoms with Gasteiger partial charge in [0.15, 0.2) is 0 Å². The van der Waals surface area contributed by atoms with Gasteiger partial charge >= 0.3 is 0 Å². The number of nitrogens with zero attached hydrogens (tertiary/aromatic N) is 4. The first-order chi connectivity index (χ1) is 10.7. The Morgan fingerprint density at radius 2 is 2.05 bits per heavy atom. The van der Waals surface area contributed by atoms with E-state index in [-0.39, 0.29) is 5.56 Å².